The van der Waals surface area contributed by atoms with Gasteiger partial charge in [0.2, 0.25) is 0 Å². The zero-order chi connectivity index (χ0) is 24.8. The molecule has 0 radical (unpaired) electrons. The van der Waals surface area contributed by atoms with Crippen LogP contribution in [-0.4, -0.2) is 21.8 Å². The second-order valence-corrected chi connectivity index (χ2v) is 9.92. The fourth-order valence-corrected chi connectivity index (χ4v) is 4.38. The lowest BCUT2D eigenvalue weighted by Crippen LogP contribution is -2.30. The van der Waals surface area contributed by atoms with E-state index < -0.39 is 17.7 Å². The molecule has 1 aromatic heterocycles. The maximum absolute atomic E-state index is 13.4. The summed E-state index contributed by atoms with van der Waals surface area (Å²) in [6.45, 7) is 12.1. The van der Waals surface area contributed by atoms with Crippen LogP contribution in [0.3, 0.4) is 0 Å². The molecule has 3 aromatic rings. The average molecular weight is 455 g/mol. The topological polar surface area (TPSA) is 70.5 Å². The fraction of sp³-hybridized carbons (Fsp3) is 0.276. The van der Waals surface area contributed by atoms with Gasteiger partial charge in [0, 0.05) is 17.4 Å². The monoisotopic (exact) mass is 454 g/mol. The Morgan fingerprint density at radius 3 is 2.32 bits per heavy atom. The number of ketones is 1. The standard InChI is InChI=1S/C29H30N2O3/c1-17-10-9-12-23(19(17)3)31-25(22-11-7-8-15-30-22)24(27(33)28(31)34)26(32)21-16-20(29(4,5)6)14-13-18(21)2/h7-16,25,32H,1-6H3/b26-24+. The number of carbonyl (C=O) groups is 2. The predicted octanol–water partition coefficient (Wildman–Crippen LogP) is 5.93. The summed E-state index contributed by atoms with van der Waals surface area (Å²) in [5.41, 5.74) is 5.37. The Kier molecular flexibility index (Phi) is 5.90. The molecule has 1 fully saturated rings. The van der Waals surface area contributed by atoms with Crippen molar-refractivity contribution in [3.05, 3.63) is 99.9 Å². The van der Waals surface area contributed by atoms with Crippen LogP contribution in [0.5, 0.6) is 0 Å². The highest BCUT2D eigenvalue weighted by Gasteiger charge is 2.48. The third-order valence-electron chi connectivity index (χ3n) is 6.61. The quantitative estimate of drug-likeness (QED) is 0.302. The van der Waals surface area contributed by atoms with Crippen molar-refractivity contribution in [1.29, 1.82) is 0 Å². The van der Waals surface area contributed by atoms with Crippen LogP contribution in [0.15, 0.2) is 66.4 Å². The van der Waals surface area contributed by atoms with E-state index in [1.165, 1.54) is 4.90 Å². The molecule has 174 valence electrons. The minimum absolute atomic E-state index is 0.0544. The van der Waals surface area contributed by atoms with Gasteiger partial charge < -0.3 is 5.11 Å². The van der Waals surface area contributed by atoms with Gasteiger partial charge in [-0.05, 0) is 72.7 Å². The number of Topliss-reactive ketones (excluding diaryl/α,β-unsaturated/α-hetero) is 1. The largest absolute Gasteiger partial charge is 0.507 e. The summed E-state index contributed by atoms with van der Waals surface area (Å²) in [4.78, 5) is 32.8. The number of hydrogen-bond donors (Lipinski definition) is 1. The second-order valence-electron chi connectivity index (χ2n) is 9.92. The molecule has 1 aliphatic heterocycles. The van der Waals surface area contributed by atoms with Gasteiger partial charge in [-0.2, -0.15) is 0 Å². The van der Waals surface area contributed by atoms with Gasteiger partial charge in [-0.3, -0.25) is 19.5 Å². The Balaban J connectivity index is 2.00. The Bertz CT molecular complexity index is 1320. The normalized spacial score (nSPS) is 17.9. The fourth-order valence-electron chi connectivity index (χ4n) is 4.38. The van der Waals surface area contributed by atoms with Crippen LogP contribution in [0.2, 0.25) is 0 Å². The van der Waals surface area contributed by atoms with Crippen LogP contribution in [0.1, 0.15) is 60.3 Å². The lowest BCUT2D eigenvalue weighted by atomic mass is 9.84. The van der Waals surface area contributed by atoms with Crippen LogP contribution in [0.4, 0.5) is 5.69 Å². The van der Waals surface area contributed by atoms with E-state index in [2.05, 4.69) is 25.8 Å². The SMILES string of the molecule is Cc1ccc(C(C)(C)C)cc1/C(O)=C1\C(=O)C(=O)N(c2cccc(C)c2C)C1c1ccccn1. The first-order valence-electron chi connectivity index (χ1n) is 11.4. The molecular weight excluding hydrogens is 424 g/mol. The smallest absolute Gasteiger partial charge is 0.300 e. The van der Waals surface area contributed by atoms with Crippen molar-refractivity contribution in [2.24, 2.45) is 0 Å². The molecular formula is C29H30N2O3. The molecule has 4 rings (SSSR count). The highest BCUT2D eigenvalue weighted by Crippen LogP contribution is 2.43. The third kappa shape index (κ3) is 3.92. The summed E-state index contributed by atoms with van der Waals surface area (Å²) < 4.78 is 0. The molecule has 5 heteroatoms. The number of pyridine rings is 1. The Morgan fingerprint density at radius 2 is 1.68 bits per heavy atom. The molecule has 0 saturated carbocycles. The summed E-state index contributed by atoms with van der Waals surface area (Å²) in [6.07, 6.45) is 1.63. The first kappa shape index (κ1) is 23.4. The number of anilines is 1. The maximum Gasteiger partial charge on any atom is 0.300 e. The highest BCUT2D eigenvalue weighted by atomic mass is 16.3. The van der Waals surface area contributed by atoms with Gasteiger partial charge >= 0.3 is 0 Å². The molecule has 2 heterocycles. The van der Waals surface area contributed by atoms with Crippen molar-refractivity contribution in [2.45, 2.75) is 53.0 Å². The summed E-state index contributed by atoms with van der Waals surface area (Å²) in [5, 5.41) is 11.6. The molecule has 0 aliphatic carbocycles. The van der Waals surface area contributed by atoms with E-state index in [1.807, 2.05) is 63.2 Å². The molecule has 0 bridgehead atoms. The molecule has 1 amide bonds. The minimum atomic E-state index is -0.834. The lowest BCUT2D eigenvalue weighted by Gasteiger charge is -2.27. The van der Waals surface area contributed by atoms with Crippen LogP contribution < -0.4 is 4.90 Å². The van der Waals surface area contributed by atoms with Gasteiger partial charge in [0.15, 0.2) is 0 Å². The van der Waals surface area contributed by atoms with Crippen molar-refractivity contribution >= 4 is 23.1 Å². The van der Waals surface area contributed by atoms with E-state index in [9.17, 15) is 14.7 Å². The van der Waals surface area contributed by atoms with Crippen LogP contribution in [0.25, 0.3) is 5.76 Å². The molecule has 0 spiro atoms. The van der Waals surface area contributed by atoms with E-state index in [-0.39, 0.29) is 16.7 Å². The van der Waals surface area contributed by atoms with Crippen molar-refractivity contribution in [3.63, 3.8) is 0 Å². The van der Waals surface area contributed by atoms with Crippen molar-refractivity contribution in [2.75, 3.05) is 4.90 Å². The van der Waals surface area contributed by atoms with Gasteiger partial charge in [0.1, 0.15) is 11.8 Å². The molecule has 1 atom stereocenters. The minimum Gasteiger partial charge on any atom is -0.507 e. The van der Waals surface area contributed by atoms with E-state index in [1.54, 1.807) is 18.3 Å². The number of aryl methyl sites for hydroxylation is 2. The Morgan fingerprint density at radius 1 is 0.941 bits per heavy atom. The van der Waals surface area contributed by atoms with Gasteiger partial charge in [-0.15, -0.1) is 0 Å². The summed E-state index contributed by atoms with van der Waals surface area (Å²) >= 11 is 0. The van der Waals surface area contributed by atoms with E-state index in [0.717, 1.165) is 22.3 Å². The van der Waals surface area contributed by atoms with Gasteiger partial charge in [0.25, 0.3) is 11.7 Å². The summed E-state index contributed by atoms with van der Waals surface area (Å²) in [7, 11) is 0. The summed E-state index contributed by atoms with van der Waals surface area (Å²) in [6, 6.07) is 16.1. The van der Waals surface area contributed by atoms with Crippen molar-refractivity contribution in [3.8, 4) is 0 Å². The van der Waals surface area contributed by atoms with Crippen LogP contribution in [-0.2, 0) is 15.0 Å². The van der Waals surface area contributed by atoms with E-state index in [0.29, 0.717) is 16.9 Å². The molecule has 1 unspecified atom stereocenters. The highest BCUT2D eigenvalue weighted by molar-refractivity contribution is 6.51. The van der Waals surface area contributed by atoms with Crippen LogP contribution in [0, 0.1) is 20.8 Å². The molecule has 1 saturated heterocycles. The zero-order valence-electron chi connectivity index (χ0n) is 20.5. The molecule has 1 N–H and O–H groups in total. The molecule has 2 aromatic carbocycles. The average Bonchev–Trinajstić information content (AvgIpc) is 3.06. The van der Waals surface area contributed by atoms with E-state index in [4.69, 9.17) is 0 Å². The van der Waals surface area contributed by atoms with Crippen LogP contribution >= 0.6 is 0 Å². The Labute approximate surface area is 200 Å². The number of aliphatic hydroxyl groups excluding tert-OH is 1. The third-order valence-corrected chi connectivity index (χ3v) is 6.61. The van der Waals surface area contributed by atoms with E-state index >= 15 is 0 Å². The van der Waals surface area contributed by atoms with Crippen molar-refractivity contribution < 1.29 is 14.7 Å². The number of aliphatic hydroxyl groups is 1. The number of carbonyl (C=O) groups excluding carboxylic acids is 2. The van der Waals surface area contributed by atoms with Gasteiger partial charge in [0.05, 0.1) is 11.3 Å². The molecule has 5 nitrogen and oxygen atoms in total. The number of rotatable bonds is 3. The predicted molar refractivity (Wildman–Crippen MR) is 135 cm³/mol. The number of aromatic nitrogens is 1. The first-order valence-corrected chi connectivity index (χ1v) is 11.4. The molecule has 34 heavy (non-hydrogen) atoms. The maximum atomic E-state index is 13.4. The Hall–Kier alpha value is -3.73. The lowest BCUT2D eigenvalue weighted by molar-refractivity contribution is -0.132. The van der Waals surface area contributed by atoms with Gasteiger partial charge in [-0.25, -0.2) is 0 Å². The number of amides is 1. The van der Waals surface area contributed by atoms with Gasteiger partial charge in [-0.1, -0.05) is 51.1 Å². The number of benzene rings is 2. The van der Waals surface area contributed by atoms with Crippen molar-refractivity contribution in [1.82, 2.24) is 4.98 Å². The number of hydrogen-bond acceptors (Lipinski definition) is 4. The zero-order valence-corrected chi connectivity index (χ0v) is 20.5. The number of nitrogens with zero attached hydrogens (tertiary/aromatic N) is 2. The first-order chi connectivity index (χ1) is 16.0. The molecule has 1 aliphatic rings. The summed E-state index contributed by atoms with van der Waals surface area (Å²) in [5.74, 6) is -1.56. The second kappa shape index (κ2) is 8.56.